The van der Waals surface area contributed by atoms with Crippen LogP contribution in [0.25, 0.3) is 0 Å². The summed E-state index contributed by atoms with van der Waals surface area (Å²) in [5.74, 6) is -0.235. The number of benzene rings is 1. The SMILES string of the molecule is CCCNC(=O)NCC(=O)N1CCCCCNC(=O)CC1c1ccccc1. The third-order valence-electron chi connectivity index (χ3n) is 4.59. The zero-order chi connectivity index (χ0) is 19.5. The minimum atomic E-state index is -0.347. The number of carbonyl (C=O) groups is 3. The molecule has 0 aliphatic carbocycles. The van der Waals surface area contributed by atoms with Gasteiger partial charge >= 0.3 is 6.03 Å². The topological polar surface area (TPSA) is 90.5 Å². The van der Waals surface area contributed by atoms with E-state index in [4.69, 9.17) is 0 Å². The molecule has 3 N–H and O–H groups in total. The Balaban J connectivity index is 2.13. The van der Waals surface area contributed by atoms with E-state index in [0.29, 0.717) is 19.6 Å². The van der Waals surface area contributed by atoms with Crippen LogP contribution in [-0.4, -0.2) is 48.9 Å². The van der Waals surface area contributed by atoms with Crippen molar-refractivity contribution in [1.82, 2.24) is 20.9 Å². The van der Waals surface area contributed by atoms with E-state index >= 15 is 0 Å². The molecule has 1 unspecified atom stereocenters. The van der Waals surface area contributed by atoms with E-state index in [9.17, 15) is 14.4 Å². The zero-order valence-corrected chi connectivity index (χ0v) is 16.0. The maximum atomic E-state index is 12.9. The van der Waals surface area contributed by atoms with Gasteiger partial charge in [-0.15, -0.1) is 0 Å². The summed E-state index contributed by atoms with van der Waals surface area (Å²) in [5, 5.41) is 8.24. The summed E-state index contributed by atoms with van der Waals surface area (Å²) in [4.78, 5) is 38.7. The molecule has 1 aromatic carbocycles. The smallest absolute Gasteiger partial charge is 0.315 e. The first-order valence-corrected chi connectivity index (χ1v) is 9.74. The second-order valence-corrected chi connectivity index (χ2v) is 6.74. The molecular formula is C20H30N4O3. The highest BCUT2D eigenvalue weighted by Crippen LogP contribution is 2.25. The van der Waals surface area contributed by atoms with Crippen LogP contribution >= 0.6 is 0 Å². The first kappa shape index (κ1) is 20.7. The molecule has 27 heavy (non-hydrogen) atoms. The van der Waals surface area contributed by atoms with Crippen LogP contribution in [0, 0.1) is 0 Å². The van der Waals surface area contributed by atoms with Gasteiger partial charge in [-0.1, -0.05) is 37.3 Å². The number of nitrogens with one attached hydrogen (secondary N) is 3. The fraction of sp³-hybridized carbons (Fsp3) is 0.550. The summed E-state index contributed by atoms with van der Waals surface area (Å²) in [6.45, 7) is 3.70. The van der Waals surface area contributed by atoms with E-state index in [1.54, 1.807) is 4.90 Å². The average Bonchev–Trinajstić information content (AvgIpc) is 2.69. The maximum absolute atomic E-state index is 12.9. The van der Waals surface area contributed by atoms with Crippen LogP contribution in [0.2, 0.25) is 0 Å². The summed E-state index contributed by atoms with van der Waals surface area (Å²) >= 11 is 0. The fourth-order valence-corrected chi connectivity index (χ4v) is 3.16. The van der Waals surface area contributed by atoms with Crippen molar-refractivity contribution in [3.8, 4) is 0 Å². The van der Waals surface area contributed by atoms with E-state index < -0.39 is 0 Å². The summed E-state index contributed by atoms with van der Waals surface area (Å²) in [6, 6.07) is 8.92. The molecule has 1 atom stereocenters. The van der Waals surface area contributed by atoms with Crippen molar-refractivity contribution in [2.75, 3.05) is 26.2 Å². The van der Waals surface area contributed by atoms with Crippen molar-refractivity contribution in [2.24, 2.45) is 0 Å². The summed E-state index contributed by atoms with van der Waals surface area (Å²) in [6.07, 6.45) is 3.76. The van der Waals surface area contributed by atoms with Crippen molar-refractivity contribution in [2.45, 2.75) is 45.1 Å². The lowest BCUT2D eigenvalue weighted by Gasteiger charge is -2.33. The van der Waals surface area contributed by atoms with E-state index in [1.807, 2.05) is 37.3 Å². The van der Waals surface area contributed by atoms with Gasteiger partial charge in [0, 0.05) is 19.6 Å². The molecule has 148 valence electrons. The van der Waals surface area contributed by atoms with Crippen LogP contribution in [0.3, 0.4) is 0 Å². The first-order valence-electron chi connectivity index (χ1n) is 9.74. The van der Waals surface area contributed by atoms with Crippen LogP contribution < -0.4 is 16.0 Å². The number of hydrogen-bond donors (Lipinski definition) is 3. The number of hydrogen-bond acceptors (Lipinski definition) is 3. The molecule has 1 saturated heterocycles. The molecule has 1 aromatic rings. The Labute approximate surface area is 160 Å². The highest BCUT2D eigenvalue weighted by molar-refractivity contribution is 5.85. The van der Waals surface area contributed by atoms with Gasteiger partial charge in [0.2, 0.25) is 11.8 Å². The van der Waals surface area contributed by atoms with Gasteiger partial charge in [-0.05, 0) is 31.2 Å². The van der Waals surface area contributed by atoms with Gasteiger partial charge in [0.15, 0.2) is 0 Å². The molecule has 2 rings (SSSR count). The Hall–Kier alpha value is -2.57. The largest absolute Gasteiger partial charge is 0.356 e. The number of carbonyl (C=O) groups excluding carboxylic acids is 3. The molecule has 1 aliphatic rings. The number of amides is 4. The number of nitrogens with zero attached hydrogens (tertiary/aromatic N) is 1. The van der Waals surface area contributed by atoms with Gasteiger partial charge in [-0.25, -0.2) is 4.79 Å². The molecule has 1 heterocycles. The monoisotopic (exact) mass is 374 g/mol. The van der Waals surface area contributed by atoms with Crippen LogP contribution in [0.5, 0.6) is 0 Å². The Morgan fingerprint density at radius 3 is 2.67 bits per heavy atom. The lowest BCUT2D eigenvalue weighted by atomic mass is 10.00. The van der Waals surface area contributed by atoms with Crippen LogP contribution in [-0.2, 0) is 9.59 Å². The lowest BCUT2D eigenvalue weighted by molar-refractivity contribution is -0.134. The molecule has 1 aliphatic heterocycles. The van der Waals surface area contributed by atoms with Crippen molar-refractivity contribution < 1.29 is 14.4 Å². The van der Waals surface area contributed by atoms with Gasteiger partial charge in [0.25, 0.3) is 0 Å². The molecule has 7 heteroatoms. The number of rotatable bonds is 5. The van der Waals surface area contributed by atoms with Crippen LogP contribution in [0.1, 0.15) is 50.6 Å². The Morgan fingerprint density at radius 2 is 1.93 bits per heavy atom. The second-order valence-electron chi connectivity index (χ2n) is 6.74. The second kappa shape index (κ2) is 11.2. The third-order valence-corrected chi connectivity index (χ3v) is 4.59. The minimum absolute atomic E-state index is 0.0581. The maximum Gasteiger partial charge on any atom is 0.315 e. The summed E-state index contributed by atoms with van der Waals surface area (Å²) < 4.78 is 0. The lowest BCUT2D eigenvalue weighted by Crippen LogP contribution is -2.46. The minimum Gasteiger partial charge on any atom is -0.356 e. The molecule has 0 saturated carbocycles. The summed E-state index contributed by atoms with van der Waals surface area (Å²) in [5.41, 5.74) is 0.928. The van der Waals surface area contributed by atoms with Crippen molar-refractivity contribution >= 4 is 17.8 Å². The van der Waals surface area contributed by atoms with Gasteiger partial charge in [-0.2, -0.15) is 0 Å². The zero-order valence-electron chi connectivity index (χ0n) is 16.0. The molecule has 0 radical (unpaired) electrons. The van der Waals surface area contributed by atoms with E-state index in [2.05, 4.69) is 16.0 Å². The summed E-state index contributed by atoms with van der Waals surface area (Å²) in [7, 11) is 0. The normalized spacial score (nSPS) is 18.3. The van der Waals surface area contributed by atoms with Gasteiger partial charge < -0.3 is 20.9 Å². The standard InChI is InChI=1S/C20H30N4O3/c1-2-11-22-20(27)23-15-19(26)24-13-8-4-7-12-21-18(25)14-17(24)16-9-5-3-6-10-16/h3,5-6,9-10,17H,2,4,7-8,11-15H2,1H3,(H,21,25)(H2,22,23,27). The molecular weight excluding hydrogens is 344 g/mol. The highest BCUT2D eigenvalue weighted by atomic mass is 16.2. The van der Waals surface area contributed by atoms with E-state index in [1.165, 1.54) is 0 Å². The van der Waals surface area contributed by atoms with Gasteiger partial charge in [-0.3, -0.25) is 9.59 Å². The Bertz CT molecular complexity index is 621. The average molecular weight is 374 g/mol. The molecule has 7 nitrogen and oxygen atoms in total. The third kappa shape index (κ3) is 6.92. The highest BCUT2D eigenvalue weighted by Gasteiger charge is 2.27. The van der Waals surface area contributed by atoms with Crippen molar-refractivity contribution in [3.05, 3.63) is 35.9 Å². The van der Waals surface area contributed by atoms with Crippen molar-refractivity contribution in [1.29, 1.82) is 0 Å². The van der Waals surface area contributed by atoms with Crippen molar-refractivity contribution in [3.63, 3.8) is 0 Å². The molecule has 0 aromatic heterocycles. The van der Waals surface area contributed by atoms with E-state index in [0.717, 1.165) is 31.2 Å². The molecule has 0 bridgehead atoms. The predicted molar refractivity (Wildman–Crippen MR) is 104 cm³/mol. The van der Waals surface area contributed by atoms with Gasteiger partial charge in [0.05, 0.1) is 19.0 Å². The fourth-order valence-electron chi connectivity index (χ4n) is 3.16. The number of urea groups is 1. The Morgan fingerprint density at radius 1 is 1.15 bits per heavy atom. The molecule has 0 spiro atoms. The Kier molecular flexibility index (Phi) is 8.61. The van der Waals surface area contributed by atoms with Crippen LogP contribution in [0.15, 0.2) is 30.3 Å². The van der Waals surface area contributed by atoms with Gasteiger partial charge in [0.1, 0.15) is 0 Å². The predicted octanol–water partition coefficient (Wildman–Crippen LogP) is 1.96. The van der Waals surface area contributed by atoms with E-state index in [-0.39, 0.29) is 36.9 Å². The quantitative estimate of drug-likeness (QED) is 0.736. The molecule has 4 amide bonds. The first-order chi connectivity index (χ1) is 13.1. The molecule has 1 fully saturated rings. The van der Waals surface area contributed by atoms with Crippen LogP contribution in [0.4, 0.5) is 4.79 Å².